The van der Waals surface area contributed by atoms with Gasteiger partial charge < -0.3 is 15.7 Å². The van der Waals surface area contributed by atoms with Gasteiger partial charge in [-0.3, -0.25) is 9.78 Å². The zero-order valence-corrected chi connectivity index (χ0v) is 11.2. The number of aromatic nitrogens is 1. The van der Waals surface area contributed by atoms with Crippen LogP contribution < -0.4 is 5.73 Å². The van der Waals surface area contributed by atoms with Gasteiger partial charge in [0.25, 0.3) is 5.91 Å². The molecule has 1 aliphatic rings. The molecule has 2 aromatic heterocycles. The smallest absolute Gasteiger partial charge is 0.266 e. The van der Waals surface area contributed by atoms with Crippen LogP contribution in [0.25, 0.3) is 10.1 Å². The van der Waals surface area contributed by atoms with Crippen LogP contribution in [0.2, 0.25) is 0 Å². The normalized spacial score (nSPS) is 19.2. The van der Waals surface area contributed by atoms with Crippen LogP contribution >= 0.6 is 11.3 Å². The molecule has 1 fully saturated rings. The fraction of sp³-hybridized carbons (Fsp3) is 0.385. The molecule has 0 aliphatic carbocycles. The van der Waals surface area contributed by atoms with E-state index in [0.717, 1.165) is 16.5 Å². The van der Waals surface area contributed by atoms with E-state index >= 15 is 0 Å². The highest BCUT2D eigenvalue weighted by atomic mass is 32.1. The topological polar surface area (TPSA) is 79.5 Å². The van der Waals surface area contributed by atoms with E-state index in [-0.39, 0.29) is 18.4 Å². The Bertz CT molecular complexity index is 625. The van der Waals surface area contributed by atoms with Crippen LogP contribution in [0.4, 0.5) is 5.69 Å². The molecule has 100 valence electrons. The van der Waals surface area contributed by atoms with Gasteiger partial charge in [0.15, 0.2) is 0 Å². The van der Waals surface area contributed by atoms with Crippen LogP contribution in [-0.4, -0.2) is 40.6 Å². The molecule has 2 aromatic rings. The van der Waals surface area contributed by atoms with E-state index in [2.05, 4.69) is 4.98 Å². The number of rotatable bonds is 2. The lowest BCUT2D eigenvalue weighted by Crippen LogP contribution is -2.29. The molecule has 1 atom stereocenters. The average molecular weight is 277 g/mol. The summed E-state index contributed by atoms with van der Waals surface area (Å²) >= 11 is 1.39. The maximum atomic E-state index is 12.5. The highest BCUT2D eigenvalue weighted by Crippen LogP contribution is 2.34. The van der Waals surface area contributed by atoms with Gasteiger partial charge in [0, 0.05) is 43.4 Å². The number of thiophene rings is 1. The van der Waals surface area contributed by atoms with E-state index in [1.807, 2.05) is 6.07 Å². The third kappa shape index (κ3) is 2.06. The first-order valence-electron chi connectivity index (χ1n) is 6.23. The van der Waals surface area contributed by atoms with Crippen molar-refractivity contribution in [3.05, 3.63) is 23.3 Å². The molecule has 19 heavy (non-hydrogen) atoms. The van der Waals surface area contributed by atoms with Crippen molar-refractivity contribution in [1.82, 2.24) is 9.88 Å². The molecule has 0 radical (unpaired) electrons. The maximum Gasteiger partial charge on any atom is 0.266 e. The Morgan fingerprint density at radius 1 is 1.63 bits per heavy atom. The summed E-state index contributed by atoms with van der Waals surface area (Å²) in [7, 11) is 0. The maximum absolute atomic E-state index is 12.5. The van der Waals surface area contributed by atoms with Gasteiger partial charge >= 0.3 is 0 Å². The molecule has 0 spiro atoms. The lowest BCUT2D eigenvalue weighted by Gasteiger charge is -2.15. The van der Waals surface area contributed by atoms with Gasteiger partial charge in [0.2, 0.25) is 0 Å². The Balaban J connectivity index is 1.92. The number of aliphatic hydroxyl groups excluding tert-OH is 1. The second-order valence-electron chi connectivity index (χ2n) is 4.81. The molecule has 5 nitrogen and oxygen atoms in total. The summed E-state index contributed by atoms with van der Waals surface area (Å²) < 4.78 is 0.932. The number of carbonyl (C=O) groups is 1. The number of nitrogen functional groups attached to an aromatic ring is 1. The SMILES string of the molecule is Nc1c(C(=O)N2CCC(CO)C2)sc2cnccc12. The number of nitrogens with two attached hydrogens (primary N) is 1. The molecule has 0 bridgehead atoms. The summed E-state index contributed by atoms with van der Waals surface area (Å²) in [5, 5.41) is 10.0. The summed E-state index contributed by atoms with van der Waals surface area (Å²) in [4.78, 5) is 18.9. The van der Waals surface area contributed by atoms with Crippen LogP contribution in [-0.2, 0) is 0 Å². The van der Waals surface area contributed by atoms with Crippen molar-refractivity contribution >= 4 is 33.0 Å². The van der Waals surface area contributed by atoms with Crippen molar-refractivity contribution in [1.29, 1.82) is 0 Å². The minimum absolute atomic E-state index is 0.0327. The number of nitrogens with zero attached hydrogens (tertiary/aromatic N) is 2. The number of fused-ring (bicyclic) bond motifs is 1. The van der Waals surface area contributed by atoms with Crippen LogP contribution in [0.5, 0.6) is 0 Å². The van der Waals surface area contributed by atoms with Crippen molar-refractivity contribution in [3.63, 3.8) is 0 Å². The molecular weight excluding hydrogens is 262 g/mol. The number of carbonyl (C=O) groups excluding carboxylic acids is 1. The first-order chi connectivity index (χ1) is 9.20. The van der Waals surface area contributed by atoms with Gasteiger partial charge in [-0.25, -0.2) is 0 Å². The zero-order valence-electron chi connectivity index (χ0n) is 10.4. The quantitative estimate of drug-likeness (QED) is 0.868. The first kappa shape index (κ1) is 12.4. The van der Waals surface area contributed by atoms with Gasteiger partial charge in [-0.1, -0.05) is 0 Å². The lowest BCUT2D eigenvalue weighted by molar-refractivity contribution is 0.0787. The summed E-state index contributed by atoms with van der Waals surface area (Å²) in [5.74, 6) is 0.163. The monoisotopic (exact) mass is 277 g/mol. The van der Waals surface area contributed by atoms with E-state index in [1.54, 1.807) is 17.3 Å². The van der Waals surface area contributed by atoms with Crippen molar-refractivity contribution in [2.24, 2.45) is 5.92 Å². The van der Waals surface area contributed by atoms with Crippen molar-refractivity contribution in [2.45, 2.75) is 6.42 Å². The Morgan fingerprint density at radius 2 is 2.47 bits per heavy atom. The van der Waals surface area contributed by atoms with Crippen LogP contribution in [0.3, 0.4) is 0 Å². The Hall–Kier alpha value is -1.66. The number of likely N-dealkylation sites (tertiary alicyclic amines) is 1. The largest absolute Gasteiger partial charge is 0.397 e. The van der Waals surface area contributed by atoms with Crippen molar-refractivity contribution in [2.75, 3.05) is 25.4 Å². The van der Waals surface area contributed by atoms with E-state index < -0.39 is 0 Å². The predicted octanol–water partition coefficient (Wildman–Crippen LogP) is 1.33. The number of aliphatic hydroxyl groups is 1. The van der Waals surface area contributed by atoms with Gasteiger partial charge in [0.1, 0.15) is 4.88 Å². The van der Waals surface area contributed by atoms with Gasteiger partial charge in [-0.05, 0) is 12.5 Å². The molecule has 0 saturated carbocycles. The summed E-state index contributed by atoms with van der Waals surface area (Å²) in [6.45, 7) is 1.44. The standard InChI is InChI=1S/C13H15N3O2S/c14-11-9-1-3-15-5-10(9)19-12(11)13(18)16-4-2-8(6-16)7-17/h1,3,5,8,17H,2,4,6-7,14H2. The molecule has 6 heteroatoms. The minimum Gasteiger partial charge on any atom is -0.397 e. The third-order valence-electron chi connectivity index (χ3n) is 3.56. The number of amides is 1. The van der Waals surface area contributed by atoms with Crippen molar-refractivity contribution < 1.29 is 9.90 Å². The molecule has 1 saturated heterocycles. The number of hydrogen-bond donors (Lipinski definition) is 2. The van der Waals surface area contributed by atoms with E-state index in [9.17, 15) is 4.79 Å². The molecule has 3 N–H and O–H groups in total. The summed E-state index contributed by atoms with van der Waals surface area (Å²) in [6.07, 6.45) is 4.26. The van der Waals surface area contributed by atoms with Gasteiger partial charge in [-0.15, -0.1) is 11.3 Å². The second-order valence-corrected chi connectivity index (χ2v) is 5.86. The van der Waals surface area contributed by atoms with Gasteiger partial charge in [-0.2, -0.15) is 0 Å². The highest BCUT2D eigenvalue weighted by molar-refractivity contribution is 7.21. The van der Waals surface area contributed by atoms with E-state index in [1.165, 1.54) is 11.3 Å². The zero-order chi connectivity index (χ0) is 13.4. The summed E-state index contributed by atoms with van der Waals surface area (Å²) in [5.41, 5.74) is 6.60. The second kappa shape index (κ2) is 4.79. The molecule has 0 aromatic carbocycles. The minimum atomic E-state index is -0.0327. The molecular formula is C13H15N3O2S. The van der Waals surface area contributed by atoms with Gasteiger partial charge in [0.05, 0.1) is 10.4 Å². The molecule has 1 unspecified atom stereocenters. The first-order valence-corrected chi connectivity index (χ1v) is 7.04. The predicted molar refractivity (Wildman–Crippen MR) is 75.1 cm³/mol. The highest BCUT2D eigenvalue weighted by Gasteiger charge is 2.28. The lowest BCUT2D eigenvalue weighted by atomic mass is 10.1. The number of hydrogen-bond acceptors (Lipinski definition) is 5. The Labute approximate surface area is 114 Å². The molecule has 1 amide bonds. The fourth-order valence-corrected chi connectivity index (χ4v) is 3.50. The Kier molecular flexibility index (Phi) is 3.12. The van der Waals surface area contributed by atoms with Crippen LogP contribution in [0.15, 0.2) is 18.5 Å². The molecule has 3 heterocycles. The Morgan fingerprint density at radius 3 is 3.16 bits per heavy atom. The van der Waals surface area contributed by atoms with E-state index in [0.29, 0.717) is 23.7 Å². The van der Waals surface area contributed by atoms with Crippen LogP contribution in [0.1, 0.15) is 16.1 Å². The van der Waals surface area contributed by atoms with Crippen molar-refractivity contribution in [3.8, 4) is 0 Å². The average Bonchev–Trinajstić information content (AvgIpc) is 3.04. The summed E-state index contributed by atoms with van der Waals surface area (Å²) in [6, 6.07) is 1.83. The van der Waals surface area contributed by atoms with E-state index in [4.69, 9.17) is 10.8 Å². The fourth-order valence-electron chi connectivity index (χ4n) is 2.44. The third-order valence-corrected chi connectivity index (χ3v) is 4.70. The molecule has 3 rings (SSSR count). The van der Waals surface area contributed by atoms with Crippen LogP contribution in [0, 0.1) is 5.92 Å². The number of anilines is 1. The number of pyridine rings is 1. The molecule has 1 aliphatic heterocycles.